The molecule has 2 fully saturated rings. The molecule has 2 aliphatic rings. The van der Waals surface area contributed by atoms with Gasteiger partial charge >= 0.3 is 0 Å². The highest BCUT2D eigenvalue weighted by Crippen LogP contribution is 2.59. The van der Waals surface area contributed by atoms with Gasteiger partial charge in [0, 0.05) is 6.10 Å². The van der Waals surface area contributed by atoms with E-state index in [1.807, 2.05) is 0 Å². The molecule has 20 heavy (non-hydrogen) atoms. The van der Waals surface area contributed by atoms with Crippen molar-refractivity contribution in [1.29, 1.82) is 0 Å². The smallest absolute Gasteiger partial charge is 0.264 e. The number of hydrogen-bond acceptors (Lipinski definition) is 4. The largest absolute Gasteiger partial charge is 0.414 e. The van der Waals surface area contributed by atoms with Gasteiger partial charge in [-0.2, -0.15) is 8.42 Å². The maximum atomic E-state index is 11.0. The van der Waals surface area contributed by atoms with E-state index >= 15 is 0 Å². The van der Waals surface area contributed by atoms with Crippen molar-refractivity contribution in [1.82, 2.24) is 0 Å². The fraction of sp³-hybridized carbons (Fsp3) is 1.00. The van der Waals surface area contributed by atoms with Gasteiger partial charge in [-0.1, -0.05) is 20.8 Å². The Bertz CT molecular complexity index is 454. The molecule has 118 valence electrons. The zero-order valence-corrected chi connectivity index (χ0v) is 15.3. The highest BCUT2D eigenvalue weighted by Gasteiger charge is 2.57. The third-order valence-electron chi connectivity index (χ3n) is 5.32. The lowest BCUT2D eigenvalue weighted by Gasteiger charge is -2.39. The third kappa shape index (κ3) is 3.64. The van der Waals surface area contributed by atoms with Crippen LogP contribution in [0.3, 0.4) is 0 Å². The minimum atomic E-state index is -3.30. The van der Waals surface area contributed by atoms with Gasteiger partial charge in [0.15, 0.2) is 8.32 Å². The maximum Gasteiger partial charge on any atom is 0.264 e. The average molecular weight is 321 g/mol. The van der Waals surface area contributed by atoms with Crippen LogP contribution in [0.2, 0.25) is 18.1 Å². The van der Waals surface area contributed by atoms with Crippen LogP contribution in [0.1, 0.15) is 33.6 Å². The first-order valence-electron chi connectivity index (χ1n) is 7.43. The Kier molecular flexibility index (Phi) is 4.17. The van der Waals surface area contributed by atoms with E-state index in [4.69, 9.17) is 8.61 Å². The van der Waals surface area contributed by atoms with Gasteiger partial charge in [-0.15, -0.1) is 0 Å². The predicted molar refractivity (Wildman–Crippen MR) is 82.6 cm³/mol. The summed E-state index contributed by atoms with van der Waals surface area (Å²) < 4.78 is 33.4. The van der Waals surface area contributed by atoms with Crippen molar-refractivity contribution >= 4 is 18.4 Å². The van der Waals surface area contributed by atoms with Crippen molar-refractivity contribution < 1.29 is 17.0 Å². The zero-order valence-electron chi connectivity index (χ0n) is 13.5. The van der Waals surface area contributed by atoms with Crippen molar-refractivity contribution in [3.8, 4) is 0 Å². The van der Waals surface area contributed by atoms with Crippen LogP contribution in [0, 0.1) is 17.8 Å². The van der Waals surface area contributed by atoms with E-state index in [2.05, 4.69) is 33.9 Å². The first-order valence-corrected chi connectivity index (χ1v) is 12.2. The summed E-state index contributed by atoms with van der Waals surface area (Å²) in [4.78, 5) is 0. The van der Waals surface area contributed by atoms with Crippen molar-refractivity contribution in [3.63, 3.8) is 0 Å². The molecule has 2 atom stereocenters. The van der Waals surface area contributed by atoms with Crippen molar-refractivity contribution in [2.75, 3.05) is 12.9 Å². The Morgan fingerprint density at radius 2 is 1.65 bits per heavy atom. The Labute approximate surface area is 124 Å². The zero-order chi connectivity index (χ0) is 15.3. The van der Waals surface area contributed by atoms with Crippen LogP contribution >= 0.6 is 0 Å². The minimum Gasteiger partial charge on any atom is -0.414 e. The summed E-state index contributed by atoms with van der Waals surface area (Å²) in [5, 5.41) is 0.249. The van der Waals surface area contributed by atoms with Crippen molar-refractivity contribution in [3.05, 3.63) is 0 Å². The lowest BCUT2D eigenvalue weighted by molar-refractivity contribution is 0.159. The lowest BCUT2D eigenvalue weighted by atomic mass is 10.1. The van der Waals surface area contributed by atoms with Gasteiger partial charge in [-0.05, 0) is 48.7 Å². The molecule has 0 aliphatic heterocycles. The Morgan fingerprint density at radius 3 is 2.05 bits per heavy atom. The standard InChI is InChI=1S/C14H28O4SSi/c1-14(2,3)20(5,6)18-10-7-11-12(8-10)13(11)9-17-19(4,15)16/h10-13H,7-9H2,1-6H3. The molecule has 2 unspecified atom stereocenters. The monoisotopic (exact) mass is 320 g/mol. The highest BCUT2D eigenvalue weighted by molar-refractivity contribution is 7.85. The van der Waals surface area contributed by atoms with E-state index in [0.29, 0.717) is 30.5 Å². The summed E-state index contributed by atoms with van der Waals surface area (Å²) in [7, 11) is -4.97. The van der Waals surface area contributed by atoms with E-state index < -0.39 is 18.4 Å². The average Bonchev–Trinajstić information content (AvgIpc) is 2.66. The molecular formula is C14H28O4SSi. The first kappa shape index (κ1) is 16.5. The molecule has 0 amide bonds. The van der Waals surface area contributed by atoms with Crippen LogP contribution in [0.15, 0.2) is 0 Å². The van der Waals surface area contributed by atoms with Crippen molar-refractivity contribution in [2.24, 2.45) is 17.8 Å². The topological polar surface area (TPSA) is 52.6 Å². The van der Waals surface area contributed by atoms with Gasteiger partial charge < -0.3 is 4.43 Å². The van der Waals surface area contributed by atoms with Crippen LogP contribution in [0.25, 0.3) is 0 Å². The van der Waals surface area contributed by atoms with Gasteiger partial charge in [0.25, 0.3) is 10.1 Å². The number of fused-ring (bicyclic) bond motifs is 1. The Balaban J connectivity index is 1.79. The Morgan fingerprint density at radius 1 is 1.15 bits per heavy atom. The summed E-state index contributed by atoms with van der Waals surface area (Å²) in [6.45, 7) is 11.7. The molecule has 6 heteroatoms. The molecule has 2 rings (SSSR count). The number of rotatable bonds is 5. The predicted octanol–water partition coefficient (Wildman–Crippen LogP) is 3.01. The van der Waals surface area contributed by atoms with Gasteiger partial charge in [-0.25, -0.2) is 0 Å². The maximum absolute atomic E-state index is 11.0. The molecule has 0 heterocycles. The van der Waals surface area contributed by atoms with E-state index in [1.165, 1.54) is 0 Å². The van der Waals surface area contributed by atoms with Crippen LogP contribution in [-0.2, 0) is 18.7 Å². The normalized spacial score (nSPS) is 34.1. The molecule has 2 aliphatic carbocycles. The molecule has 0 saturated heterocycles. The quantitative estimate of drug-likeness (QED) is 0.577. The first-order chi connectivity index (χ1) is 8.91. The molecule has 0 aromatic rings. The van der Waals surface area contributed by atoms with E-state index in [0.717, 1.165) is 19.1 Å². The summed E-state index contributed by atoms with van der Waals surface area (Å²) in [5.74, 6) is 1.67. The second kappa shape index (κ2) is 5.07. The summed E-state index contributed by atoms with van der Waals surface area (Å²) in [6, 6.07) is 0. The SMILES string of the molecule is CC(C)(C)[Si](C)(C)OC1CC2C(COS(C)(=O)=O)C2C1. The van der Waals surface area contributed by atoms with Gasteiger partial charge in [0.1, 0.15) is 0 Å². The van der Waals surface area contributed by atoms with E-state index in [1.54, 1.807) is 0 Å². The van der Waals surface area contributed by atoms with Crippen LogP contribution < -0.4 is 0 Å². The van der Waals surface area contributed by atoms with E-state index in [9.17, 15) is 8.42 Å². The molecule has 0 N–H and O–H groups in total. The molecule has 0 spiro atoms. The third-order valence-corrected chi connectivity index (χ3v) is 10.4. The van der Waals surface area contributed by atoms with Crippen LogP contribution in [0.5, 0.6) is 0 Å². The lowest BCUT2D eigenvalue weighted by Crippen LogP contribution is -2.43. The van der Waals surface area contributed by atoms with E-state index in [-0.39, 0.29) is 5.04 Å². The van der Waals surface area contributed by atoms with Crippen molar-refractivity contribution in [2.45, 2.75) is 57.8 Å². The van der Waals surface area contributed by atoms with Crippen LogP contribution in [0.4, 0.5) is 0 Å². The minimum absolute atomic E-state index is 0.249. The molecule has 0 bridgehead atoms. The number of hydrogen-bond donors (Lipinski definition) is 0. The highest BCUT2D eigenvalue weighted by atomic mass is 32.2. The van der Waals surface area contributed by atoms with Gasteiger partial charge in [-0.3, -0.25) is 4.18 Å². The second-order valence-corrected chi connectivity index (χ2v) is 14.4. The summed E-state index contributed by atoms with van der Waals surface area (Å²) in [6.07, 6.45) is 3.65. The van der Waals surface area contributed by atoms with Crippen LogP contribution in [-0.4, -0.2) is 35.7 Å². The molecule has 0 aromatic carbocycles. The second-order valence-electron chi connectivity index (χ2n) is 7.95. The summed E-state index contributed by atoms with van der Waals surface area (Å²) in [5.41, 5.74) is 0. The molecule has 4 nitrogen and oxygen atoms in total. The molecule has 0 radical (unpaired) electrons. The fourth-order valence-electron chi connectivity index (χ4n) is 3.07. The molecule has 2 saturated carbocycles. The summed E-state index contributed by atoms with van der Waals surface area (Å²) >= 11 is 0. The fourth-order valence-corrected chi connectivity index (χ4v) is 4.85. The van der Waals surface area contributed by atoms with Gasteiger partial charge in [0.2, 0.25) is 0 Å². The van der Waals surface area contributed by atoms with Gasteiger partial charge in [0.05, 0.1) is 12.9 Å². The molecule has 0 aromatic heterocycles. The Hall–Kier alpha value is 0.0869. The molecular weight excluding hydrogens is 292 g/mol.